The number of fused-ring (bicyclic) bond motifs is 3. The number of anilines is 1. The average molecular weight is 592 g/mol. The van der Waals surface area contributed by atoms with Gasteiger partial charge in [0.25, 0.3) is 26.1 Å². The zero-order valence-corrected chi connectivity index (χ0v) is 22.4. The van der Waals surface area contributed by atoms with E-state index in [4.69, 9.17) is 4.55 Å². The third kappa shape index (κ3) is 5.25. The molecule has 206 valence electrons. The smallest absolute Gasteiger partial charge is 0.282 e. The monoisotopic (exact) mass is 591 g/mol. The van der Waals surface area contributed by atoms with Gasteiger partial charge in [-0.3, -0.25) is 23.9 Å². The highest BCUT2D eigenvalue weighted by Gasteiger charge is 2.32. The molecule has 1 aliphatic rings. The minimum atomic E-state index is -4.82. The lowest BCUT2D eigenvalue weighted by atomic mass is 10.0. The van der Waals surface area contributed by atoms with Crippen LogP contribution in [0.4, 0.5) is 17.1 Å². The van der Waals surface area contributed by atoms with Crippen LogP contribution in [-0.4, -0.2) is 47.1 Å². The quantitative estimate of drug-likeness (QED) is 0.163. The molecule has 14 nitrogen and oxygen atoms in total. The standard InChI is InChI=1S/C25H17N7O7S2/c1-14-18(13-26)24-27-19-4-2-3-5-21(19)32(24)25(33)23(14)31-30-20-11-8-16(12-22(20)41(37,38)39)29-28-15-6-9-17(10-7-15)40(34,35)36/h2-12,30H,1H3,(H,34,35,36)(H,37,38,39)/b29-28+,31-23+. The number of imidazole rings is 1. The molecule has 0 aliphatic carbocycles. The lowest BCUT2D eigenvalue weighted by molar-refractivity contribution is 0.0992. The number of hydrazone groups is 1. The summed E-state index contributed by atoms with van der Waals surface area (Å²) in [5.74, 6) is -0.437. The van der Waals surface area contributed by atoms with Crippen molar-refractivity contribution in [3.8, 4) is 6.07 Å². The van der Waals surface area contributed by atoms with Gasteiger partial charge in [0.2, 0.25) is 0 Å². The van der Waals surface area contributed by atoms with Crippen LogP contribution in [0, 0.1) is 11.3 Å². The first-order valence-corrected chi connectivity index (χ1v) is 14.3. The molecule has 1 aliphatic heterocycles. The molecule has 4 aromatic rings. The van der Waals surface area contributed by atoms with Gasteiger partial charge in [0, 0.05) is 5.57 Å². The van der Waals surface area contributed by atoms with Gasteiger partial charge in [0.1, 0.15) is 16.5 Å². The van der Waals surface area contributed by atoms with Gasteiger partial charge in [-0.1, -0.05) is 12.1 Å². The number of carbonyl (C=O) groups excluding carboxylic acids is 1. The molecule has 5 rings (SSSR count). The fraction of sp³-hybridized carbons (Fsp3) is 0.0400. The predicted octanol–water partition coefficient (Wildman–Crippen LogP) is 4.36. The number of carbonyl (C=O) groups is 1. The van der Waals surface area contributed by atoms with Crippen molar-refractivity contribution in [2.45, 2.75) is 16.7 Å². The fourth-order valence-corrected chi connectivity index (χ4v) is 5.15. The molecule has 0 saturated carbocycles. The number of azo groups is 1. The molecule has 0 saturated heterocycles. The van der Waals surface area contributed by atoms with E-state index < -0.39 is 31.0 Å². The maximum Gasteiger partial charge on any atom is 0.296 e. The second kappa shape index (κ2) is 10.1. The minimum absolute atomic E-state index is 0.000738. The molecule has 0 radical (unpaired) electrons. The highest BCUT2D eigenvalue weighted by atomic mass is 32.2. The van der Waals surface area contributed by atoms with Crippen LogP contribution in [0.1, 0.15) is 17.5 Å². The third-order valence-corrected chi connectivity index (χ3v) is 7.74. The Balaban J connectivity index is 1.49. The van der Waals surface area contributed by atoms with E-state index in [1.165, 1.54) is 35.8 Å². The van der Waals surface area contributed by atoms with Gasteiger partial charge in [-0.2, -0.15) is 37.4 Å². The van der Waals surface area contributed by atoms with Crippen LogP contribution < -0.4 is 5.43 Å². The van der Waals surface area contributed by atoms with Crippen molar-refractivity contribution in [3.05, 3.63) is 78.1 Å². The topological polar surface area (TPSA) is 217 Å². The number of rotatable bonds is 6. The Morgan fingerprint density at radius 1 is 0.927 bits per heavy atom. The van der Waals surface area contributed by atoms with Crippen molar-refractivity contribution in [2.24, 2.45) is 15.3 Å². The summed E-state index contributed by atoms with van der Waals surface area (Å²) in [6.45, 7) is 1.51. The Kier molecular flexibility index (Phi) is 6.80. The molecule has 2 heterocycles. The molecule has 0 spiro atoms. The molecule has 1 aromatic heterocycles. The van der Waals surface area contributed by atoms with Crippen molar-refractivity contribution in [1.82, 2.24) is 9.55 Å². The van der Waals surface area contributed by atoms with Crippen LogP contribution in [0.15, 0.2) is 97.4 Å². The summed E-state index contributed by atoms with van der Waals surface area (Å²) in [5, 5.41) is 21.6. The van der Waals surface area contributed by atoms with E-state index in [9.17, 15) is 31.4 Å². The number of nitrogens with zero attached hydrogens (tertiary/aromatic N) is 6. The second-order valence-corrected chi connectivity index (χ2v) is 11.4. The Morgan fingerprint density at radius 3 is 2.24 bits per heavy atom. The number of para-hydroxylation sites is 2. The molecular formula is C25H17N7O7S2. The summed E-state index contributed by atoms with van der Waals surface area (Å²) in [5.41, 5.74) is 3.59. The SMILES string of the molecule is CC1=C(C#N)c2nc3ccccc3n2C(=O)/C1=N/Nc1ccc(/N=N/c2ccc(S(=O)(=O)O)cc2)cc1S(=O)(=O)O. The molecule has 0 fully saturated rings. The van der Waals surface area contributed by atoms with Crippen LogP contribution in [0.3, 0.4) is 0 Å². The van der Waals surface area contributed by atoms with Crippen LogP contribution in [0.25, 0.3) is 16.6 Å². The largest absolute Gasteiger partial charge is 0.296 e. The van der Waals surface area contributed by atoms with E-state index in [0.29, 0.717) is 11.0 Å². The van der Waals surface area contributed by atoms with E-state index in [1.54, 1.807) is 24.3 Å². The molecule has 3 N–H and O–H groups in total. The molecule has 41 heavy (non-hydrogen) atoms. The van der Waals surface area contributed by atoms with Gasteiger partial charge < -0.3 is 0 Å². The van der Waals surface area contributed by atoms with Crippen molar-refractivity contribution < 1.29 is 30.7 Å². The van der Waals surface area contributed by atoms with E-state index in [2.05, 4.69) is 25.7 Å². The zero-order chi connectivity index (χ0) is 29.5. The molecular weight excluding hydrogens is 574 g/mol. The Bertz CT molecular complexity index is 2110. The van der Waals surface area contributed by atoms with Crippen LogP contribution in [-0.2, 0) is 20.2 Å². The number of benzene rings is 3. The minimum Gasteiger partial charge on any atom is -0.282 e. The third-order valence-electron chi connectivity index (χ3n) is 5.98. The predicted molar refractivity (Wildman–Crippen MR) is 146 cm³/mol. The highest BCUT2D eigenvalue weighted by Crippen LogP contribution is 2.31. The number of hydrogen-bond donors (Lipinski definition) is 3. The molecule has 0 amide bonds. The van der Waals surface area contributed by atoms with E-state index in [-0.39, 0.29) is 44.6 Å². The first kappa shape index (κ1) is 27.5. The van der Waals surface area contributed by atoms with Gasteiger partial charge in [-0.05, 0) is 61.5 Å². The first-order chi connectivity index (χ1) is 19.4. The van der Waals surface area contributed by atoms with Crippen LogP contribution in [0.5, 0.6) is 0 Å². The summed E-state index contributed by atoms with van der Waals surface area (Å²) in [6.07, 6.45) is 0. The van der Waals surface area contributed by atoms with Gasteiger partial charge in [-0.25, -0.2) is 4.98 Å². The highest BCUT2D eigenvalue weighted by molar-refractivity contribution is 7.86. The number of allylic oxidation sites excluding steroid dienone is 2. The first-order valence-electron chi connectivity index (χ1n) is 11.5. The van der Waals surface area contributed by atoms with Crippen LogP contribution in [0.2, 0.25) is 0 Å². The summed E-state index contributed by atoms with van der Waals surface area (Å²) in [6, 6.07) is 17.2. The summed E-state index contributed by atoms with van der Waals surface area (Å²) < 4.78 is 66.8. The van der Waals surface area contributed by atoms with Crippen LogP contribution >= 0.6 is 0 Å². The van der Waals surface area contributed by atoms with Crippen molar-refractivity contribution in [1.29, 1.82) is 5.26 Å². The average Bonchev–Trinajstić information content (AvgIpc) is 3.31. The zero-order valence-electron chi connectivity index (χ0n) is 20.8. The second-order valence-electron chi connectivity index (χ2n) is 8.57. The molecule has 3 aromatic carbocycles. The summed E-state index contributed by atoms with van der Waals surface area (Å²) >= 11 is 0. The fourth-order valence-electron chi connectivity index (χ4n) is 4.01. The number of nitrogens with one attached hydrogen (secondary N) is 1. The molecule has 0 unspecified atom stereocenters. The molecule has 16 heteroatoms. The number of hydrogen-bond acceptors (Lipinski definition) is 11. The number of nitriles is 1. The van der Waals surface area contributed by atoms with E-state index >= 15 is 0 Å². The maximum absolute atomic E-state index is 13.4. The van der Waals surface area contributed by atoms with Gasteiger partial charge in [0.05, 0.1) is 33.0 Å². The lowest BCUT2D eigenvalue weighted by Crippen LogP contribution is -2.30. The molecule has 0 bridgehead atoms. The Labute approximate surface area is 232 Å². The summed E-state index contributed by atoms with van der Waals surface area (Å²) in [7, 11) is -9.21. The lowest BCUT2D eigenvalue weighted by Gasteiger charge is -2.17. The normalized spacial score (nSPS) is 15.0. The van der Waals surface area contributed by atoms with Gasteiger partial charge in [0.15, 0.2) is 11.5 Å². The van der Waals surface area contributed by atoms with Crippen molar-refractivity contribution in [2.75, 3.05) is 5.43 Å². The van der Waals surface area contributed by atoms with E-state index in [1.807, 2.05) is 6.07 Å². The van der Waals surface area contributed by atoms with Crippen molar-refractivity contribution >= 4 is 65.5 Å². The Morgan fingerprint density at radius 2 is 1.59 bits per heavy atom. The van der Waals surface area contributed by atoms with Crippen molar-refractivity contribution in [3.63, 3.8) is 0 Å². The number of aromatic nitrogens is 2. The summed E-state index contributed by atoms with van der Waals surface area (Å²) in [4.78, 5) is 16.8. The van der Waals surface area contributed by atoms with E-state index in [0.717, 1.165) is 18.2 Å². The Hall–Kier alpha value is -5.08. The van der Waals surface area contributed by atoms with Gasteiger partial charge >= 0.3 is 0 Å². The maximum atomic E-state index is 13.4. The molecule has 0 atom stereocenters. The van der Waals surface area contributed by atoms with Gasteiger partial charge in [-0.15, -0.1) is 0 Å².